The number of benzene rings is 1. The third-order valence-corrected chi connectivity index (χ3v) is 5.08. The molecule has 1 N–H and O–H groups in total. The Bertz CT molecular complexity index is 911. The summed E-state index contributed by atoms with van der Waals surface area (Å²) in [5, 5.41) is 22.6. The Balaban J connectivity index is 1.40. The molecule has 3 heterocycles. The minimum Gasteiger partial charge on any atom is -0.508 e. The Labute approximate surface area is 145 Å². The van der Waals surface area contributed by atoms with Crippen molar-refractivity contribution in [1.29, 1.82) is 0 Å². The molecule has 0 atom stereocenters. The highest BCUT2D eigenvalue weighted by Gasteiger charge is 2.28. The summed E-state index contributed by atoms with van der Waals surface area (Å²) in [7, 11) is 0. The van der Waals surface area contributed by atoms with Crippen molar-refractivity contribution in [2.24, 2.45) is 0 Å². The Morgan fingerprint density at radius 2 is 1.80 bits per heavy atom. The van der Waals surface area contributed by atoms with E-state index in [1.807, 2.05) is 22.7 Å². The number of fused-ring (bicyclic) bond motifs is 1. The van der Waals surface area contributed by atoms with E-state index in [1.165, 1.54) is 12.8 Å². The van der Waals surface area contributed by atoms with Crippen LogP contribution in [0.2, 0.25) is 0 Å². The molecule has 1 aliphatic heterocycles. The lowest BCUT2D eigenvalue weighted by Gasteiger charge is -2.37. The molecule has 2 aliphatic rings. The van der Waals surface area contributed by atoms with E-state index in [0.29, 0.717) is 11.7 Å². The lowest BCUT2D eigenvalue weighted by molar-refractivity contribution is 0.475. The summed E-state index contributed by atoms with van der Waals surface area (Å²) in [6.45, 7) is 3.63. The first-order valence-electron chi connectivity index (χ1n) is 8.78. The fourth-order valence-electron chi connectivity index (χ4n) is 3.54. The lowest BCUT2D eigenvalue weighted by Crippen LogP contribution is -2.46. The Morgan fingerprint density at radius 1 is 1.00 bits per heavy atom. The van der Waals surface area contributed by atoms with Crippen LogP contribution in [0.4, 0.5) is 11.4 Å². The van der Waals surface area contributed by atoms with Gasteiger partial charge in [-0.3, -0.25) is 0 Å². The maximum absolute atomic E-state index is 9.69. The molecule has 2 aromatic heterocycles. The highest BCUT2D eigenvalue weighted by molar-refractivity contribution is 5.69. The molecule has 0 spiro atoms. The molecular weight excluding hydrogens is 316 g/mol. The zero-order valence-electron chi connectivity index (χ0n) is 13.9. The van der Waals surface area contributed by atoms with Crippen LogP contribution in [-0.4, -0.2) is 51.1 Å². The summed E-state index contributed by atoms with van der Waals surface area (Å²) in [6.07, 6.45) is 4.14. The SMILES string of the molecule is Oc1cccc(N2CCN(c3cc(C4CC4)nn4cnnc34)CC2)c1. The predicted molar refractivity (Wildman–Crippen MR) is 95.3 cm³/mol. The number of hydrogen-bond acceptors (Lipinski definition) is 6. The summed E-state index contributed by atoms with van der Waals surface area (Å²) in [4.78, 5) is 4.68. The summed E-state index contributed by atoms with van der Waals surface area (Å²) < 4.78 is 1.81. The molecule has 25 heavy (non-hydrogen) atoms. The van der Waals surface area contributed by atoms with Gasteiger partial charge in [0.1, 0.15) is 12.1 Å². The number of anilines is 2. The van der Waals surface area contributed by atoms with Gasteiger partial charge in [-0.25, -0.2) is 0 Å². The van der Waals surface area contributed by atoms with Crippen LogP contribution >= 0.6 is 0 Å². The molecule has 0 amide bonds. The average Bonchev–Trinajstić information content (AvgIpc) is 3.39. The molecule has 2 fully saturated rings. The minimum atomic E-state index is 0.313. The van der Waals surface area contributed by atoms with Crippen LogP contribution in [0.15, 0.2) is 36.7 Å². The predicted octanol–water partition coefficient (Wildman–Crippen LogP) is 2.03. The van der Waals surface area contributed by atoms with Gasteiger partial charge in [0.05, 0.1) is 11.4 Å². The van der Waals surface area contributed by atoms with Crippen molar-refractivity contribution in [2.45, 2.75) is 18.8 Å². The van der Waals surface area contributed by atoms with Crippen molar-refractivity contribution in [3.63, 3.8) is 0 Å². The van der Waals surface area contributed by atoms with Crippen molar-refractivity contribution < 1.29 is 5.11 Å². The van der Waals surface area contributed by atoms with Gasteiger partial charge in [-0.15, -0.1) is 10.2 Å². The zero-order valence-corrected chi connectivity index (χ0v) is 13.9. The van der Waals surface area contributed by atoms with Gasteiger partial charge >= 0.3 is 0 Å². The number of nitrogens with zero attached hydrogens (tertiary/aromatic N) is 6. The van der Waals surface area contributed by atoms with Crippen LogP contribution in [0, 0.1) is 0 Å². The Morgan fingerprint density at radius 3 is 2.56 bits per heavy atom. The number of phenolic OH excluding ortho intramolecular Hbond substituents is 1. The number of aromatic nitrogens is 4. The van der Waals surface area contributed by atoms with E-state index in [-0.39, 0.29) is 0 Å². The van der Waals surface area contributed by atoms with Gasteiger partial charge in [0, 0.05) is 43.9 Å². The standard InChI is InChI=1S/C18H20N6O/c25-15-3-1-2-14(10-15)22-6-8-23(9-7-22)17-11-16(13-4-5-13)21-24-12-19-20-18(17)24/h1-3,10-13,25H,4-9H2. The van der Waals surface area contributed by atoms with E-state index in [9.17, 15) is 5.11 Å². The summed E-state index contributed by atoms with van der Waals surface area (Å²) >= 11 is 0. The van der Waals surface area contributed by atoms with Gasteiger partial charge in [-0.2, -0.15) is 9.61 Å². The molecule has 1 aliphatic carbocycles. The number of hydrogen-bond donors (Lipinski definition) is 1. The van der Waals surface area contributed by atoms with Crippen LogP contribution in [0.3, 0.4) is 0 Å². The van der Waals surface area contributed by atoms with Crippen LogP contribution < -0.4 is 9.80 Å². The number of piperazine rings is 1. The van der Waals surface area contributed by atoms with Gasteiger partial charge in [0.15, 0.2) is 0 Å². The van der Waals surface area contributed by atoms with Gasteiger partial charge in [0.2, 0.25) is 5.65 Å². The molecule has 1 aromatic carbocycles. The van der Waals surface area contributed by atoms with Gasteiger partial charge in [-0.05, 0) is 31.0 Å². The first-order valence-corrected chi connectivity index (χ1v) is 8.78. The van der Waals surface area contributed by atoms with Crippen molar-refractivity contribution in [3.05, 3.63) is 42.4 Å². The van der Waals surface area contributed by atoms with Crippen LogP contribution in [-0.2, 0) is 0 Å². The van der Waals surface area contributed by atoms with E-state index < -0.39 is 0 Å². The second-order valence-electron chi connectivity index (χ2n) is 6.82. The monoisotopic (exact) mass is 336 g/mol. The van der Waals surface area contributed by atoms with E-state index in [0.717, 1.165) is 48.9 Å². The second kappa shape index (κ2) is 5.61. The van der Waals surface area contributed by atoms with E-state index in [1.54, 1.807) is 12.4 Å². The first kappa shape index (κ1) is 14.5. The third-order valence-electron chi connectivity index (χ3n) is 5.08. The number of aromatic hydroxyl groups is 1. The molecule has 128 valence electrons. The molecule has 1 saturated heterocycles. The van der Waals surface area contributed by atoms with Crippen molar-refractivity contribution in [1.82, 2.24) is 19.8 Å². The number of phenols is 1. The maximum Gasteiger partial charge on any atom is 0.200 e. The molecule has 1 saturated carbocycles. The van der Waals surface area contributed by atoms with Gasteiger partial charge in [-0.1, -0.05) is 6.07 Å². The van der Waals surface area contributed by atoms with Crippen LogP contribution in [0.5, 0.6) is 5.75 Å². The van der Waals surface area contributed by atoms with Gasteiger partial charge < -0.3 is 14.9 Å². The average molecular weight is 336 g/mol. The van der Waals surface area contributed by atoms with E-state index in [4.69, 9.17) is 0 Å². The van der Waals surface area contributed by atoms with Crippen molar-refractivity contribution in [3.8, 4) is 5.75 Å². The Kier molecular flexibility index (Phi) is 3.26. The largest absolute Gasteiger partial charge is 0.508 e. The number of rotatable bonds is 3. The Hall–Kier alpha value is -2.83. The second-order valence-corrected chi connectivity index (χ2v) is 6.82. The van der Waals surface area contributed by atoms with Gasteiger partial charge in [0.25, 0.3) is 0 Å². The smallest absolute Gasteiger partial charge is 0.200 e. The fourth-order valence-corrected chi connectivity index (χ4v) is 3.54. The summed E-state index contributed by atoms with van der Waals surface area (Å²) in [5.41, 5.74) is 4.18. The molecule has 0 bridgehead atoms. The maximum atomic E-state index is 9.69. The van der Waals surface area contributed by atoms with Crippen molar-refractivity contribution >= 4 is 17.0 Å². The quantitative estimate of drug-likeness (QED) is 0.789. The molecular formula is C18H20N6O. The highest BCUT2D eigenvalue weighted by atomic mass is 16.3. The normalized spacial score (nSPS) is 18.1. The van der Waals surface area contributed by atoms with Crippen LogP contribution in [0.1, 0.15) is 24.5 Å². The summed E-state index contributed by atoms with van der Waals surface area (Å²) in [5.74, 6) is 0.910. The highest BCUT2D eigenvalue weighted by Crippen LogP contribution is 2.40. The molecule has 3 aromatic rings. The lowest BCUT2D eigenvalue weighted by atomic mass is 10.2. The zero-order chi connectivity index (χ0) is 16.8. The van der Waals surface area contributed by atoms with Crippen molar-refractivity contribution in [2.75, 3.05) is 36.0 Å². The minimum absolute atomic E-state index is 0.313. The third kappa shape index (κ3) is 2.65. The molecule has 7 heteroatoms. The first-order chi connectivity index (χ1) is 12.3. The fraction of sp³-hybridized carbons (Fsp3) is 0.389. The molecule has 0 radical (unpaired) electrons. The molecule has 5 rings (SSSR count). The summed E-state index contributed by atoms with van der Waals surface area (Å²) in [6, 6.07) is 9.67. The topological polar surface area (TPSA) is 69.8 Å². The molecule has 0 unspecified atom stereocenters. The molecule has 7 nitrogen and oxygen atoms in total. The van der Waals surface area contributed by atoms with Crippen LogP contribution in [0.25, 0.3) is 5.65 Å². The van der Waals surface area contributed by atoms with E-state index >= 15 is 0 Å². The van der Waals surface area contributed by atoms with E-state index in [2.05, 4.69) is 31.2 Å².